The lowest BCUT2D eigenvalue weighted by molar-refractivity contribution is -0.402. The predicted octanol–water partition coefficient (Wildman–Crippen LogP) is 3.17. The topological polar surface area (TPSA) is 85.8 Å². The van der Waals surface area contributed by atoms with Gasteiger partial charge in [-0.15, -0.1) is 0 Å². The summed E-state index contributed by atoms with van der Waals surface area (Å²) in [5.74, 6) is -0.0316. The molecule has 1 aromatic heterocycles. The highest BCUT2D eigenvalue weighted by Crippen LogP contribution is 2.35. The first kappa shape index (κ1) is 15.1. The summed E-state index contributed by atoms with van der Waals surface area (Å²) in [6.07, 6.45) is 1.71. The maximum atomic E-state index is 12.6. The Balaban J connectivity index is 1.85. The quantitative estimate of drug-likeness (QED) is 0.639. The molecule has 0 bridgehead atoms. The maximum absolute atomic E-state index is 12.6. The van der Waals surface area contributed by atoms with E-state index >= 15 is 0 Å². The van der Waals surface area contributed by atoms with Gasteiger partial charge in [0.05, 0.1) is 19.2 Å². The van der Waals surface area contributed by atoms with Crippen LogP contribution >= 0.6 is 0 Å². The highest BCUT2D eigenvalue weighted by atomic mass is 16.6. The van der Waals surface area contributed by atoms with Crippen LogP contribution in [0.1, 0.15) is 35.0 Å². The number of methoxy groups -OCH3 is 1. The van der Waals surface area contributed by atoms with Crippen LogP contribution in [0, 0.1) is 10.1 Å². The van der Waals surface area contributed by atoms with Crippen molar-refractivity contribution < 1.29 is 18.9 Å². The number of likely N-dealkylation sites (tertiary alicyclic amines) is 1. The lowest BCUT2D eigenvalue weighted by Gasteiger charge is -2.24. The van der Waals surface area contributed by atoms with Gasteiger partial charge >= 0.3 is 5.88 Å². The Morgan fingerprint density at radius 2 is 2.22 bits per heavy atom. The fourth-order valence-corrected chi connectivity index (χ4v) is 2.89. The van der Waals surface area contributed by atoms with Crippen molar-refractivity contribution in [2.45, 2.75) is 18.9 Å². The molecule has 2 heterocycles. The fraction of sp³-hybridized carbons (Fsp3) is 0.312. The van der Waals surface area contributed by atoms with E-state index in [1.54, 1.807) is 12.0 Å². The van der Waals surface area contributed by atoms with E-state index in [4.69, 9.17) is 9.15 Å². The van der Waals surface area contributed by atoms with Crippen LogP contribution in [-0.4, -0.2) is 29.4 Å². The van der Waals surface area contributed by atoms with Crippen molar-refractivity contribution in [2.24, 2.45) is 0 Å². The third-order valence-corrected chi connectivity index (χ3v) is 3.97. The van der Waals surface area contributed by atoms with E-state index in [1.165, 1.54) is 12.1 Å². The summed E-state index contributed by atoms with van der Waals surface area (Å²) in [4.78, 5) is 24.3. The number of nitrogens with zero attached hydrogens (tertiary/aromatic N) is 2. The fourth-order valence-electron chi connectivity index (χ4n) is 2.89. The Hall–Kier alpha value is -2.83. The number of ether oxygens (including phenoxy) is 1. The van der Waals surface area contributed by atoms with Crippen molar-refractivity contribution in [1.82, 2.24) is 4.90 Å². The SMILES string of the molecule is COc1cccc([C@H]2CCCN2C(=O)c2ccc([N+](=O)[O-])o2)c1. The standard InChI is InChI=1S/C16H16N2O5/c1-22-12-5-2-4-11(10-12)13-6-3-9-17(13)16(19)14-7-8-15(23-14)18(20)21/h2,4-5,7-8,10,13H,3,6,9H2,1H3/t13-/m1/s1. The maximum Gasteiger partial charge on any atom is 0.433 e. The van der Waals surface area contributed by atoms with E-state index in [9.17, 15) is 14.9 Å². The van der Waals surface area contributed by atoms with E-state index in [1.807, 2.05) is 24.3 Å². The van der Waals surface area contributed by atoms with E-state index < -0.39 is 10.8 Å². The summed E-state index contributed by atoms with van der Waals surface area (Å²) in [6, 6.07) is 10.0. The number of benzene rings is 1. The molecule has 120 valence electrons. The molecule has 0 aliphatic carbocycles. The molecule has 1 saturated heterocycles. The van der Waals surface area contributed by atoms with Gasteiger partial charge in [-0.2, -0.15) is 0 Å². The van der Waals surface area contributed by atoms with Crippen LogP contribution in [0.2, 0.25) is 0 Å². The Kier molecular flexibility index (Phi) is 4.01. The highest BCUT2D eigenvalue weighted by molar-refractivity contribution is 5.92. The number of carbonyl (C=O) groups excluding carboxylic acids is 1. The third-order valence-electron chi connectivity index (χ3n) is 3.97. The van der Waals surface area contributed by atoms with Gasteiger partial charge in [0, 0.05) is 6.54 Å². The summed E-state index contributed by atoms with van der Waals surface area (Å²) < 4.78 is 10.3. The first-order chi connectivity index (χ1) is 11.1. The molecule has 7 heteroatoms. The molecule has 1 amide bonds. The smallest absolute Gasteiger partial charge is 0.433 e. The van der Waals surface area contributed by atoms with Crippen molar-refractivity contribution in [1.29, 1.82) is 0 Å². The van der Waals surface area contributed by atoms with Crippen molar-refractivity contribution in [2.75, 3.05) is 13.7 Å². The normalized spacial score (nSPS) is 17.3. The van der Waals surface area contributed by atoms with Gasteiger partial charge in [0.15, 0.2) is 5.76 Å². The Morgan fingerprint density at radius 3 is 2.91 bits per heavy atom. The van der Waals surface area contributed by atoms with Gasteiger partial charge in [0.2, 0.25) is 0 Å². The summed E-state index contributed by atoms with van der Waals surface area (Å²) in [7, 11) is 1.60. The van der Waals surface area contributed by atoms with Gasteiger partial charge in [-0.05, 0) is 36.6 Å². The molecule has 1 aliphatic rings. The van der Waals surface area contributed by atoms with E-state index in [-0.39, 0.29) is 17.7 Å². The van der Waals surface area contributed by atoms with Gasteiger partial charge in [-0.3, -0.25) is 14.9 Å². The number of carbonyl (C=O) groups is 1. The van der Waals surface area contributed by atoms with Crippen LogP contribution in [0.3, 0.4) is 0 Å². The Labute approximate surface area is 132 Å². The molecule has 1 fully saturated rings. The van der Waals surface area contributed by atoms with Gasteiger partial charge in [0.25, 0.3) is 5.91 Å². The monoisotopic (exact) mass is 316 g/mol. The molecule has 3 rings (SSSR count). The number of hydrogen-bond donors (Lipinski definition) is 0. The van der Waals surface area contributed by atoms with Gasteiger partial charge in [0.1, 0.15) is 10.7 Å². The second-order valence-electron chi connectivity index (χ2n) is 5.33. The predicted molar refractivity (Wildman–Crippen MR) is 81.4 cm³/mol. The van der Waals surface area contributed by atoms with Crippen LogP contribution in [0.15, 0.2) is 40.8 Å². The molecule has 0 N–H and O–H groups in total. The first-order valence-electron chi connectivity index (χ1n) is 7.29. The highest BCUT2D eigenvalue weighted by Gasteiger charge is 2.33. The summed E-state index contributed by atoms with van der Waals surface area (Å²) >= 11 is 0. The summed E-state index contributed by atoms with van der Waals surface area (Å²) in [6.45, 7) is 0.592. The molecular formula is C16H16N2O5. The number of nitro groups is 1. The van der Waals surface area contributed by atoms with E-state index in [0.717, 1.165) is 24.2 Å². The average Bonchev–Trinajstić information content (AvgIpc) is 3.23. The Bertz CT molecular complexity index is 740. The molecule has 0 unspecified atom stereocenters. The largest absolute Gasteiger partial charge is 0.497 e. The molecule has 0 spiro atoms. The van der Waals surface area contributed by atoms with E-state index in [0.29, 0.717) is 6.54 Å². The van der Waals surface area contributed by atoms with Gasteiger partial charge in [-0.1, -0.05) is 12.1 Å². The zero-order valence-electron chi connectivity index (χ0n) is 12.6. The van der Waals surface area contributed by atoms with Crippen LogP contribution in [0.25, 0.3) is 0 Å². The molecule has 23 heavy (non-hydrogen) atoms. The molecule has 0 saturated carbocycles. The molecule has 1 atom stereocenters. The van der Waals surface area contributed by atoms with E-state index in [2.05, 4.69) is 0 Å². The number of furan rings is 1. The number of hydrogen-bond acceptors (Lipinski definition) is 5. The lowest BCUT2D eigenvalue weighted by atomic mass is 10.0. The minimum Gasteiger partial charge on any atom is -0.497 e. The molecular weight excluding hydrogens is 300 g/mol. The molecule has 0 radical (unpaired) electrons. The van der Waals surface area contributed by atoms with Crippen LogP contribution in [0.4, 0.5) is 5.88 Å². The number of amides is 1. The van der Waals surface area contributed by atoms with Crippen LogP contribution in [0.5, 0.6) is 5.75 Å². The van der Waals surface area contributed by atoms with Gasteiger partial charge < -0.3 is 14.1 Å². The Morgan fingerprint density at radius 1 is 1.39 bits per heavy atom. The van der Waals surface area contributed by atoms with Crippen molar-refractivity contribution >= 4 is 11.8 Å². The third kappa shape index (κ3) is 2.90. The zero-order chi connectivity index (χ0) is 16.4. The summed E-state index contributed by atoms with van der Waals surface area (Å²) in [5, 5.41) is 10.7. The minimum atomic E-state index is -0.652. The zero-order valence-corrected chi connectivity index (χ0v) is 12.6. The average molecular weight is 316 g/mol. The van der Waals surface area contributed by atoms with Crippen molar-refractivity contribution in [3.63, 3.8) is 0 Å². The molecule has 1 aromatic carbocycles. The molecule has 2 aromatic rings. The minimum absolute atomic E-state index is 0.00787. The van der Waals surface area contributed by atoms with Crippen molar-refractivity contribution in [3.05, 3.63) is 57.8 Å². The molecule has 7 nitrogen and oxygen atoms in total. The first-order valence-corrected chi connectivity index (χ1v) is 7.29. The lowest BCUT2D eigenvalue weighted by Crippen LogP contribution is -2.30. The van der Waals surface area contributed by atoms with Gasteiger partial charge in [-0.25, -0.2) is 0 Å². The second-order valence-corrected chi connectivity index (χ2v) is 5.33. The summed E-state index contributed by atoms with van der Waals surface area (Å²) in [5.41, 5.74) is 0.983. The second kappa shape index (κ2) is 6.12. The van der Waals surface area contributed by atoms with Crippen LogP contribution in [-0.2, 0) is 0 Å². The molecule has 1 aliphatic heterocycles. The van der Waals surface area contributed by atoms with Crippen LogP contribution < -0.4 is 4.74 Å². The van der Waals surface area contributed by atoms with Crippen molar-refractivity contribution in [3.8, 4) is 5.75 Å². The number of rotatable bonds is 4.